The Kier molecular flexibility index (Phi) is 5.45. The van der Waals surface area contributed by atoms with E-state index in [0.29, 0.717) is 44.8 Å². The normalized spacial score (nSPS) is 20.3. The molecule has 2 aliphatic rings. The van der Waals surface area contributed by atoms with Gasteiger partial charge in [-0.3, -0.25) is 9.48 Å². The lowest BCUT2D eigenvalue weighted by molar-refractivity contribution is 0.0693. The fraction of sp³-hybridized carbons (Fsp3) is 0.750. The topological polar surface area (TPSA) is 78.8 Å². The van der Waals surface area contributed by atoms with Crippen molar-refractivity contribution in [1.82, 2.24) is 23.3 Å². The van der Waals surface area contributed by atoms with Crippen LogP contribution in [0.25, 0.3) is 0 Å². The predicted molar refractivity (Wildman–Crippen MR) is 94.5 cm³/mol. The summed E-state index contributed by atoms with van der Waals surface area (Å²) in [4.78, 5) is 14.5. The van der Waals surface area contributed by atoms with Gasteiger partial charge in [-0.25, -0.2) is 0 Å². The molecule has 9 heteroatoms. The molecule has 3 rings (SSSR count). The third-order valence-corrected chi connectivity index (χ3v) is 6.91. The van der Waals surface area contributed by atoms with Crippen LogP contribution in [0.3, 0.4) is 0 Å². The molecule has 0 bridgehead atoms. The van der Waals surface area contributed by atoms with Crippen molar-refractivity contribution >= 4 is 16.1 Å². The molecule has 140 valence electrons. The Morgan fingerprint density at radius 2 is 1.68 bits per heavy atom. The summed E-state index contributed by atoms with van der Waals surface area (Å²) in [6, 6.07) is 0. The second-order valence-electron chi connectivity index (χ2n) is 6.70. The van der Waals surface area contributed by atoms with E-state index in [1.54, 1.807) is 20.1 Å². The van der Waals surface area contributed by atoms with E-state index < -0.39 is 10.2 Å². The molecule has 2 fully saturated rings. The largest absolute Gasteiger partial charge is 0.336 e. The van der Waals surface area contributed by atoms with E-state index in [9.17, 15) is 13.2 Å². The molecule has 1 amide bonds. The highest BCUT2D eigenvalue weighted by Gasteiger charge is 2.35. The van der Waals surface area contributed by atoms with E-state index in [-0.39, 0.29) is 5.91 Å². The fourth-order valence-corrected chi connectivity index (χ4v) is 5.12. The number of rotatable bonds is 5. The van der Waals surface area contributed by atoms with Crippen molar-refractivity contribution in [3.8, 4) is 0 Å². The number of hydrogen-bond acceptors (Lipinski definition) is 4. The molecule has 2 saturated heterocycles. The number of carbonyl (C=O) groups is 1. The molecule has 3 heterocycles. The van der Waals surface area contributed by atoms with Crippen molar-refractivity contribution < 1.29 is 13.2 Å². The Balaban J connectivity index is 1.63. The van der Waals surface area contributed by atoms with Gasteiger partial charge >= 0.3 is 0 Å². The van der Waals surface area contributed by atoms with Gasteiger partial charge in [0.15, 0.2) is 0 Å². The van der Waals surface area contributed by atoms with Crippen molar-refractivity contribution in [2.24, 2.45) is 0 Å². The SMILES string of the molecule is CCCn1cc(C(=O)N2CCN(S(=O)(=O)N3CCCC3)CC2)c(C)n1. The molecule has 0 aliphatic carbocycles. The van der Waals surface area contributed by atoms with E-state index in [1.165, 1.54) is 4.31 Å². The third-order valence-electron chi connectivity index (χ3n) is 4.87. The van der Waals surface area contributed by atoms with Crippen molar-refractivity contribution in [2.75, 3.05) is 39.3 Å². The zero-order chi connectivity index (χ0) is 18.0. The maximum absolute atomic E-state index is 12.7. The van der Waals surface area contributed by atoms with Crippen molar-refractivity contribution in [3.05, 3.63) is 17.5 Å². The Morgan fingerprint density at radius 3 is 2.28 bits per heavy atom. The molecular weight excluding hydrogens is 342 g/mol. The van der Waals surface area contributed by atoms with Crippen molar-refractivity contribution in [1.29, 1.82) is 0 Å². The summed E-state index contributed by atoms with van der Waals surface area (Å²) in [5.41, 5.74) is 1.34. The first-order valence-electron chi connectivity index (χ1n) is 9.02. The zero-order valence-corrected chi connectivity index (χ0v) is 15.8. The molecule has 2 aliphatic heterocycles. The molecule has 0 unspecified atom stereocenters. The zero-order valence-electron chi connectivity index (χ0n) is 15.0. The van der Waals surface area contributed by atoms with Crippen LogP contribution in [0, 0.1) is 6.92 Å². The Morgan fingerprint density at radius 1 is 1.08 bits per heavy atom. The summed E-state index contributed by atoms with van der Waals surface area (Å²) < 4.78 is 30.1. The molecule has 0 radical (unpaired) electrons. The van der Waals surface area contributed by atoms with Gasteiger partial charge in [-0.1, -0.05) is 6.92 Å². The average Bonchev–Trinajstić information content (AvgIpc) is 3.25. The molecule has 0 aromatic carbocycles. The number of amides is 1. The minimum atomic E-state index is -3.37. The van der Waals surface area contributed by atoms with Gasteiger partial charge in [0.2, 0.25) is 0 Å². The molecular formula is C16H27N5O3S. The smallest absolute Gasteiger partial charge is 0.282 e. The molecule has 0 spiro atoms. The van der Waals surface area contributed by atoms with E-state index in [2.05, 4.69) is 12.0 Å². The van der Waals surface area contributed by atoms with Crippen LogP contribution in [0.15, 0.2) is 6.20 Å². The molecule has 8 nitrogen and oxygen atoms in total. The first kappa shape index (κ1) is 18.3. The fourth-order valence-electron chi connectivity index (χ4n) is 3.45. The Labute approximate surface area is 149 Å². The maximum atomic E-state index is 12.7. The third kappa shape index (κ3) is 3.73. The highest BCUT2D eigenvalue weighted by molar-refractivity contribution is 7.86. The number of carbonyl (C=O) groups excluding carboxylic acids is 1. The minimum absolute atomic E-state index is 0.0573. The standard InChI is InChI=1S/C16H27N5O3S/c1-3-6-19-13-15(14(2)17-19)16(22)18-9-11-21(12-10-18)25(23,24)20-7-4-5-8-20/h13H,3-12H2,1-2H3. The van der Waals surface area contributed by atoms with Crippen molar-refractivity contribution in [2.45, 2.75) is 39.7 Å². The number of aromatic nitrogens is 2. The van der Waals surface area contributed by atoms with Crippen LogP contribution in [0.1, 0.15) is 42.2 Å². The molecule has 0 atom stereocenters. The number of nitrogens with zero attached hydrogens (tertiary/aromatic N) is 5. The lowest BCUT2D eigenvalue weighted by atomic mass is 10.2. The van der Waals surface area contributed by atoms with Gasteiger partial charge in [-0.15, -0.1) is 0 Å². The van der Waals surface area contributed by atoms with Crippen LogP contribution in [0.4, 0.5) is 0 Å². The average molecular weight is 369 g/mol. The van der Waals surface area contributed by atoms with Crippen LogP contribution in [0.5, 0.6) is 0 Å². The predicted octanol–water partition coefficient (Wildman–Crippen LogP) is 0.700. The second kappa shape index (κ2) is 7.43. The van der Waals surface area contributed by atoms with Gasteiger partial charge in [0.1, 0.15) is 0 Å². The molecule has 0 N–H and O–H groups in total. The van der Waals surface area contributed by atoms with Crippen LogP contribution < -0.4 is 0 Å². The summed E-state index contributed by atoms with van der Waals surface area (Å²) in [6.45, 7) is 7.46. The summed E-state index contributed by atoms with van der Waals surface area (Å²) in [7, 11) is -3.37. The summed E-state index contributed by atoms with van der Waals surface area (Å²) in [6.07, 6.45) is 4.62. The Bertz CT molecular complexity index is 716. The van der Waals surface area contributed by atoms with Gasteiger partial charge in [-0.05, 0) is 26.2 Å². The number of hydrogen-bond donors (Lipinski definition) is 0. The molecule has 1 aromatic heterocycles. The first-order valence-corrected chi connectivity index (χ1v) is 10.4. The van der Waals surface area contributed by atoms with Gasteiger partial charge in [0.05, 0.1) is 11.3 Å². The van der Waals surface area contributed by atoms with Gasteiger partial charge in [0, 0.05) is 52.0 Å². The van der Waals surface area contributed by atoms with Gasteiger partial charge in [0.25, 0.3) is 16.1 Å². The van der Waals surface area contributed by atoms with Crippen LogP contribution in [0.2, 0.25) is 0 Å². The van der Waals surface area contributed by atoms with Crippen LogP contribution >= 0.6 is 0 Å². The lowest BCUT2D eigenvalue weighted by Gasteiger charge is -2.35. The second-order valence-corrected chi connectivity index (χ2v) is 8.62. The molecule has 25 heavy (non-hydrogen) atoms. The summed E-state index contributed by atoms with van der Waals surface area (Å²) in [5, 5.41) is 4.38. The highest BCUT2D eigenvalue weighted by Crippen LogP contribution is 2.19. The molecule has 1 aromatic rings. The van der Waals surface area contributed by atoms with E-state index in [4.69, 9.17) is 0 Å². The van der Waals surface area contributed by atoms with Crippen molar-refractivity contribution in [3.63, 3.8) is 0 Å². The van der Waals surface area contributed by atoms with Gasteiger partial charge in [-0.2, -0.15) is 22.1 Å². The van der Waals surface area contributed by atoms with E-state index >= 15 is 0 Å². The van der Waals surface area contributed by atoms with E-state index in [1.807, 2.05) is 6.92 Å². The van der Waals surface area contributed by atoms with Crippen LogP contribution in [-0.4, -0.2) is 76.9 Å². The number of piperazine rings is 1. The van der Waals surface area contributed by atoms with Gasteiger partial charge < -0.3 is 4.90 Å². The highest BCUT2D eigenvalue weighted by atomic mass is 32.2. The summed E-state index contributed by atoms with van der Waals surface area (Å²) >= 11 is 0. The minimum Gasteiger partial charge on any atom is -0.336 e. The molecule has 0 saturated carbocycles. The maximum Gasteiger partial charge on any atom is 0.282 e. The first-order chi connectivity index (χ1) is 11.9. The number of aryl methyl sites for hydroxylation is 2. The Hall–Kier alpha value is -1.45. The lowest BCUT2D eigenvalue weighted by Crippen LogP contribution is -2.53. The van der Waals surface area contributed by atoms with E-state index in [0.717, 1.165) is 31.5 Å². The monoisotopic (exact) mass is 369 g/mol. The van der Waals surface area contributed by atoms with Crippen LogP contribution in [-0.2, 0) is 16.8 Å². The summed E-state index contributed by atoms with van der Waals surface area (Å²) in [5.74, 6) is -0.0573. The quantitative estimate of drug-likeness (QED) is 0.765.